The molecule has 2 rings (SSSR count). The van der Waals surface area contributed by atoms with E-state index in [9.17, 15) is 0 Å². The molecule has 0 spiro atoms. The van der Waals surface area contributed by atoms with Crippen LogP contribution in [0.5, 0.6) is 0 Å². The first-order chi connectivity index (χ1) is 4.83. The smallest absolute Gasteiger partial charge is 0.0502 e. The van der Waals surface area contributed by atoms with Crippen molar-refractivity contribution in [3.63, 3.8) is 0 Å². The summed E-state index contributed by atoms with van der Waals surface area (Å²) < 4.78 is 0. The Kier molecular flexibility index (Phi) is 1.21. The van der Waals surface area contributed by atoms with Crippen LogP contribution >= 0.6 is 0 Å². The van der Waals surface area contributed by atoms with Gasteiger partial charge in [0.05, 0.1) is 6.61 Å². The van der Waals surface area contributed by atoms with Crippen LogP contribution in [0.15, 0.2) is 23.8 Å². The number of aliphatic hydroxyl groups is 1. The lowest BCUT2D eigenvalue weighted by atomic mass is 9.90. The predicted octanol–water partition coefficient (Wildman–Crippen LogP) is 1.50. The maximum absolute atomic E-state index is 8.97. The minimum Gasteiger partial charge on any atom is -0.396 e. The quantitative estimate of drug-likeness (QED) is 0.579. The maximum atomic E-state index is 8.97. The first kappa shape index (κ1) is 6.17. The van der Waals surface area contributed by atoms with Crippen molar-refractivity contribution in [1.29, 1.82) is 0 Å². The molecule has 1 heteroatoms. The van der Waals surface area contributed by atoms with E-state index in [1.165, 1.54) is 24.0 Å². The summed E-state index contributed by atoms with van der Waals surface area (Å²) >= 11 is 0. The van der Waals surface area contributed by atoms with E-state index in [2.05, 4.69) is 12.7 Å². The molecule has 2 aliphatic carbocycles. The Balaban J connectivity index is 2.28. The average molecular weight is 136 g/mol. The highest BCUT2D eigenvalue weighted by Gasteiger charge is 2.36. The van der Waals surface area contributed by atoms with E-state index < -0.39 is 0 Å². The molecule has 10 heavy (non-hydrogen) atoms. The van der Waals surface area contributed by atoms with E-state index >= 15 is 0 Å². The molecule has 0 aromatic heterocycles. The summed E-state index contributed by atoms with van der Waals surface area (Å²) in [5.41, 5.74) is 2.60. The Hall–Kier alpha value is -0.560. The first-order valence-corrected chi connectivity index (χ1v) is 3.82. The molecule has 2 unspecified atom stereocenters. The van der Waals surface area contributed by atoms with Crippen molar-refractivity contribution < 1.29 is 5.11 Å². The van der Waals surface area contributed by atoms with Crippen LogP contribution in [0, 0.1) is 11.8 Å². The predicted molar refractivity (Wildman–Crippen MR) is 40.5 cm³/mol. The number of aliphatic hydroxyl groups excluding tert-OH is 1. The molecule has 0 aromatic carbocycles. The summed E-state index contributed by atoms with van der Waals surface area (Å²) in [5, 5.41) is 8.97. The van der Waals surface area contributed by atoms with Gasteiger partial charge in [0, 0.05) is 5.92 Å². The van der Waals surface area contributed by atoms with E-state index in [0.29, 0.717) is 18.4 Å². The lowest BCUT2D eigenvalue weighted by Crippen LogP contribution is -2.13. The third-order valence-electron chi connectivity index (χ3n) is 2.77. The third-order valence-corrected chi connectivity index (χ3v) is 2.77. The number of hydrogen-bond donors (Lipinski definition) is 1. The van der Waals surface area contributed by atoms with Gasteiger partial charge in [0.2, 0.25) is 0 Å². The van der Waals surface area contributed by atoms with Crippen LogP contribution in [0.2, 0.25) is 0 Å². The Labute approximate surface area is 61.1 Å². The molecule has 54 valence electrons. The Morgan fingerprint density at radius 3 is 2.90 bits per heavy atom. The molecule has 1 fully saturated rings. The minimum absolute atomic E-state index is 0.292. The van der Waals surface area contributed by atoms with Gasteiger partial charge >= 0.3 is 0 Å². The summed E-state index contributed by atoms with van der Waals surface area (Å²) in [6.07, 6.45) is 4.60. The minimum atomic E-state index is 0.292. The summed E-state index contributed by atoms with van der Waals surface area (Å²) in [6.45, 7) is 4.25. The topological polar surface area (TPSA) is 20.2 Å². The van der Waals surface area contributed by atoms with E-state index in [1.807, 2.05) is 0 Å². The lowest BCUT2D eigenvalue weighted by Gasteiger charge is -2.17. The monoisotopic (exact) mass is 136 g/mol. The van der Waals surface area contributed by atoms with Crippen LogP contribution in [0.1, 0.15) is 12.8 Å². The maximum Gasteiger partial charge on any atom is 0.0502 e. The van der Waals surface area contributed by atoms with Crippen LogP contribution in [-0.4, -0.2) is 11.7 Å². The van der Waals surface area contributed by atoms with E-state index in [1.54, 1.807) is 0 Å². The Morgan fingerprint density at radius 1 is 1.70 bits per heavy atom. The third kappa shape index (κ3) is 0.613. The fraction of sp³-hybridized carbons (Fsp3) is 0.556. The van der Waals surface area contributed by atoms with Crippen LogP contribution in [0.4, 0.5) is 0 Å². The van der Waals surface area contributed by atoms with Gasteiger partial charge in [-0.3, -0.25) is 0 Å². The molecule has 0 heterocycles. The first-order valence-electron chi connectivity index (χ1n) is 3.82. The van der Waals surface area contributed by atoms with Gasteiger partial charge in [-0.1, -0.05) is 12.7 Å². The molecule has 0 aliphatic heterocycles. The van der Waals surface area contributed by atoms with Crippen LogP contribution in [0.25, 0.3) is 0 Å². The van der Waals surface area contributed by atoms with Gasteiger partial charge in [-0.25, -0.2) is 0 Å². The van der Waals surface area contributed by atoms with Gasteiger partial charge in [0.1, 0.15) is 0 Å². The fourth-order valence-corrected chi connectivity index (χ4v) is 2.09. The van der Waals surface area contributed by atoms with Crippen molar-refractivity contribution in [2.45, 2.75) is 12.8 Å². The van der Waals surface area contributed by atoms with E-state index in [4.69, 9.17) is 5.11 Å². The SMILES string of the molecule is C=C1C2=CCC(C2)C1CO. The normalized spacial score (nSPS) is 36.9. The number of rotatable bonds is 1. The molecule has 2 bridgehead atoms. The van der Waals surface area contributed by atoms with Gasteiger partial charge in [-0.05, 0) is 29.9 Å². The lowest BCUT2D eigenvalue weighted by molar-refractivity contribution is 0.216. The second kappa shape index (κ2) is 1.96. The van der Waals surface area contributed by atoms with Gasteiger partial charge in [-0.15, -0.1) is 0 Å². The molecule has 0 aromatic rings. The highest BCUT2D eigenvalue weighted by Crippen LogP contribution is 2.46. The Bertz CT molecular complexity index is 203. The Morgan fingerprint density at radius 2 is 2.50 bits per heavy atom. The summed E-state index contributed by atoms with van der Waals surface area (Å²) in [5.74, 6) is 1.08. The highest BCUT2D eigenvalue weighted by molar-refractivity contribution is 5.40. The fourth-order valence-electron chi connectivity index (χ4n) is 2.09. The summed E-state index contributed by atoms with van der Waals surface area (Å²) in [6, 6.07) is 0. The summed E-state index contributed by atoms with van der Waals surface area (Å²) in [7, 11) is 0. The number of allylic oxidation sites excluding steroid dienone is 2. The molecular formula is C9H12O. The van der Waals surface area contributed by atoms with Gasteiger partial charge in [-0.2, -0.15) is 0 Å². The average Bonchev–Trinajstić information content (AvgIpc) is 2.46. The van der Waals surface area contributed by atoms with Crippen LogP contribution < -0.4 is 0 Å². The zero-order valence-electron chi connectivity index (χ0n) is 6.01. The zero-order valence-corrected chi connectivity index (χ0v) is 6.01. The number of hydrogen-bond acceptors (Lipinski definition) is 1. The van der Waals surface area contributed by atoms with Gasteiger partial charge in [0.25, 0.3) is 0 Å². The molecule has 0 amide bonds. The van der Waals surface area contributed by atoms with Crippen LogP contribution in [0.3, 0.4) is 0 Å². The van der Waals surface area contributed by atoms with Crippen molar-refractivity contribution in [3.8, 4) is 0 Å². The molecule has 1 saturated carbocycles. The second-order valence-electron chi connectivity index (χ2n) is 3.24. The molecule has 2 aliphatic rings. The van der Waals surface area contributed by atoms with Crippen molar-refractivity contribution in [3.05, 3.63) is 23.8 Å². The second-order valence-corrected chi connectivity index (χ2v) is 3.24. The molecule has 1 nitrogen and oxygen atoms in total. The largest absolute Gasteiger partial charge is 0.396 e. The van der Waals surface area contributed by atoms with Crippen molar-refractivity contribution in [2.75, 3.05) is 6.61 Å². The molecule has 1 N–H and O–H groups in total. The van der Waals surface area contributed by atoms with E-state index in [0.717, 1.165) is 0 Å². The van der Waals surface area contributed by atoms with Gasteiger partial charge < -0.3 is 5.11 Å². The van der Waals surface area contributed by atoms with Crippen molar-refractivity contribution >= 4 is 0 Å². The highest BCUT2D eigenvalue weighted by atomic mass is 16.3. The summed E-state index contributed by atoms with van der Waals surface area (Å²) in [4.78, 5) is 0. The van der Waals surface area contributed by atoms with Crippen molar-refractivity contribution in [1.82, 2.24) is 0 Å². The number of fused-ring (bicyclic) bond motifs is 2. The van der Waals surface area contributed by atoms with Crippen molar-refractivity contribution in [2.24, 2.45) is 11.8 Å². The molecule has 2 atom stereocenters. The van der Waals surface area contributed by atoms with Gasteiger partial charge in [0.15, 0.2) is 0 Å². The molecule has 0 radical (unpaired) electrons. The molecular weight excluding hydrogens is 124 g/mol. The molecule has 0 saturated heterocycles. The van der Waals surface area contributed by atoms with E-state index in [-0.39, 0.29) is 0 Å². The standard InChI is InChI=1S/C9H12O/c1-6-7-2-3-8(4-7)9(6)5-10/h2,8-10H,1,3-5H2. The van der Waals surface area contributed by atoms with Crippen LogP contribution in [-0.2, 0) is 0 Å². The zero-order chi connectivity index (χ0) is 7.14.